The Labute approximate surface area is 97.4 Å². The van der Waals surface area contributed by atoms with E-state index in [9.17, 15) is 0 Å². The van der Waals surface area contributed by atoms with Gasteiger partial charge in [-0.15, -0.1) is 0 Å². The fraction of sp³-hybridized carbons (Fsp3) is 0.750. The molecule has 2 N–H and O–H groups in total. The maximum Gasteiger partial charge on any atom is 0.0489 e. The molecule has 0 radical (unpaired) electrons. The van der Waals surface area contributed by atoms with Crippen molar-refractivity contribution in [3.8, 4) is 0 Å². The molecule has 0 saturated carbocycles. The summed E-state index contributed by atoms with van der Waals surface area (Å²) < 4.78 is 2.02. The number of nitrogens with zero attached hydrogens (tertiary/aromatic N) is 3. The highest BCUT2D eigenvalue weighted by Crippen LogP contribution is 2.20. The molecule has 1 fully saturated rings. The van der Waals surface area contributed by atoms with Crippen LogP contribution in [0.4, 0.5) is 0 Å². The minimum Gasteiger partial charge on any atom is -0.329 e. The second-order valence-electron chi connectivity index (χ2n) is 4.53. The van der Waals surface area contributed by atoms with E-state index in [1.54, 1.807) is 0 Å². The van der Waals surface area contributed by atoms with Crippen molar-refractivity contribution in [1.82, 2.24) is 14.7 Å². The van der Waals surface area contributed by atoms with E-state index in [1.165, 1.54) is 32.2 Å². The number of hydrogen-bond donors (Lipinski definition) is 1. The zero-order valence-corrected chi connectivity index (χ0v) is 9.89. The van der Waals surface area contributed by atoms with E-state index in [1.807, 2.05) is 23.1 Å². The summed E-state index contributed by atoms with van der Waals surface area (Å²) in [4.78, 5) is 2.54. The van der Waals surface area contributed by atoms with Gasteiger partial charge in [0.2, 0.25) is 0 Å². The molecule has 1 saturated heterocycles. The van der Waals surface area contributed by atoms with Crippen LogP contribution in [0.1, 0.15) is 25.7 Å². The number of nitrogens with two attached hydrogens (primary N) is 1. The normalized spacial score (nSPS) is 21.7. The van der Waals surface area contributed by atoms with Gasteiger partial charge in [0.25, 0.3) is 0 Å². The quantitative estimate of drug-likeness (QED) is 0.783. The zero-order chi connectivity index (χ0) is 11.2. The number of hydrogen-bond acceptors (Lipinski definition) is 3. The van der Waals surface area contributed by atoms with Crippen LogP contribution < -0.4 is 5.73 Å². The van der Waals surface area contributed by atoms with Crippen LogP contribution in [0, 0.1) is 0 Å². The Balaban J connectivity index is 1.69. The fourth-order valence-electron chi connectivity index (χ4n) is 2.60. The van der Waals surface area contributed by atoms with E-state index in [0.29, 0.717) is 0 Å². The van der Waals surface area contributed by atoms with Crippen molar-refractivity contribution in [2.75, 3.05) is 19.6 Å². The minimum absolute atomic E-state index is 0.763. The summed E-state index contributed by atoms with van der Waals surface area (Å²) in [6.45, 7) is 4.13. The van der Waals surface area contributed by atoms with Crippen LogP contribution >= 0.6 is 0 Å². The van der Waals surface area contributed by atoms with Gasteiger partial charge >= 0.3 is 0 Å². The molecule has 16 heavy (non-hydrogen) atoms. The molecule has 4 nitrogen and oxygen atoms in total. The molecule has 2 rings (SSSR count). The van der Waals surface area contributed by atoms with Gasteiger partial charge in [-0.3, -0.25) is 9.58 Å². The lowest BCUT2D eigenvalue weighted by molar-refractivity contribution is 0.243. The summed E-state index contributed by atoms with van der Waals surface area (Å²) >= 11 is 0. The topological polar surface area (TPSA) is 47.1 Å². The molecule has 1 aromatic heterocycles. The first-order valence-electron chi connectivity index (χ1n) is 6.31. The van der Waals surface area contributed by atoms with Crippen LogP contribution in [0.3, 0.4) is 0 Å². The molecule has 90 valence electrons. The van der Waals surface area contributed by atoms with E-state index in [4.69, 9.17) is 5.73 Å². The Morgan fingerprint density at radius 3 is 3.06 bits per heavy atom. The molecular formula is C12H22N4. The standard InChI is InChI=1S/C12H22N4/c13-6-11-15-8-1-4-12(15)5-2-9-16-10-3-7-14-16/h3,7,10,12H,1-2,4-6,8-9,11,13H2/t12-/m0/s1. The Morgan fingerprint density at radius 1 is 1.38 bits per heavy atom. The molecule has 0 unspecified atom stereocenters. The highest BCUT2D eigenvalue weighted by Gasteiger charge is 2.22. The molecule has 0 amide bonds. The van der Waals surface area contributed by atoms with Gasteiger partial charge in [-0.05, 0) is 38.3 Å². The highest BCUT2D eigenvalue weighted by atomic mass is 15.3. The summed E-state index contributed by atoms with van der Waals surface area (Å²) in [7, 11) is 0. The van der Waals surface area contributed by atoms with Crippen LogP contribution in [0.2, 0.25) is 0 Å². The van der Waals surface area contributed by atoms with Crippen molar-refractivity contribution in [2.45, 2.75) is 38.3 Å². The number of likely N-dealkylation sites (tertiary alicyclic amines) is 1. The maximum absolute atomic E-state index is 5.62. The molecule has 1 aliphatic rings. The molecule has 0 aliphatic carbocycles. The Kier molecular flexibility index (Phi) is 4.36. The molecule has 0 aromatic carbocycles. The van der Waals surface area contributed by atoms with Gasteiger partial charge < -0.3 is 5.73 Å². The third kappa shape index (κ3) is 3.06. The maximum atomic E-state index is 5.62. The molecule has 1 atom stereocenters. The fourth-order valence-corrected chi connectivity index (χ4v) is 2.60. The van der Waals surface area contributed by atoms with Crippen molar-refractivity contribution in [3.63, 3.8) is 0 Å². The van der Waals surface area contributed by atoms with Crippen molar-refractivity contribution < 1.29 is 0 Å². The lowest BCUT2D eigenvalue weighted by atomic mass is 10.1. The first-order chi connectivity index (χ1) is 7.90. The van der Waals surface area contributed by atoms with E-state index >= 15 is 0 Å². The summed E-state index contributed by atoms with van der Waals surface area (Å²) in [6.07, 6.45) is 9.06. The second kappa shape index (κ2) is 6.01. The Hall–Kier alpha value is -0.870. The van der Waals surface area contributed by atoms with Crippen molar-refractivity contribution in [1.29, 1.82) is 0 Å². The molecule has 4 heteroatoms. The van der Waals surface area contributed by atoms with Gasteiger partial charge in [0, 0.05) is 38.1 Å². The number of rotatable bonds is 6. The zero-order valence-electron chi connectivity index (χ0n) is 9.89. The molecule has 1 aromatic rings. The van der Waals surface area contributed by atoms with Crippen molar-refractivity contribution in [2.24, 2.45) is 5.73 Å². The van der Waals surface area contributed by atoms with Gasteiger partial charge in [0.05, 0.1) is 0 Å². The third-order valence-electron chi connectivity index (χ3n) is 3.40. The summed E-state index contributed by atoms with van der Waals surface area (Å²) in [5.41, 5.74) is 5.62. The van der Waals surface area contributed by atoms with Crippen molar-refractivity contribution in [3.05, 3.63) is 18.5 Å². The molecule has 2 heterocycles. The van der Waals surface area contributed by atoms with Gasteiger partial charge in [-0.1, -0.05) is 0 Å². The molecular weight excluding hydrogens is 200 g/mol. The van der Waals surface area contributed by atoms with Gasteiger partial charge in [0.15, 0.2) is 0 Å². The summed E-state index contributed by atoms with van der Waals surface area (Å²) in [6, 6.07) is 2.75. The Bertz CT molecular complexity index is 283. The SMILES string of the molecule is NCCN1CCC[C@H]1CCCn1cccn1. The molecule has 0 spiro atoms. The van der Waals surface area contributed by atoms with Crippen LogP contribution in [0.5, 0.6) is 0 Å². The largest absolute Gasteiger partial charge is 0.329 e. The summed E-state index contributed by atoms with van der Waals surface area (Å²) in [5.74, 6) is 0. The van der Waals surface area contributed by atoms with Gasteiger partial charge in [-0.2, -0.15) is 5.10 Å². The predicted molar refractivity (Wildman–Crippen MR) is 65.1 cm³/mol. The monoisotopic (exact) mass is 222 g/mol. The van der Waals surface area contributed by atoms with E-state index in [2.05, 4.69) is 10.00 Å². The van der Waals surface area contributed by atoms with Gasteiger partial charge in [0.1, 0.15) is 0 Å². The van der Waals surface area contributed by atoms with E-state index in [-0.39, 0.29) is 0 Å². The minimum atomic E-state index is 0.763. The average molecular weight is 222 g/mol. The first-order valence-corrected chi connectivity index (χ1v) is 6.31. The number of aromatic nitrogens is 2. The van der Waals surface area contributed by atoms with Crippen molar-refractivity contribution >= 4 is 0 Å². The first kappa shape index (κ1) is 11.6. The average Bonchev–Trinajstić information content (AvgIpc) is 2.91. The highest BCUT2D eigenvalue weighted by molar-refractivity contribution is 4.80. The smallest absolute Gasteiger partial charge is 0.0489 e. The molecule has 0 bridgehead atoms. The van der Waals surface area contributed by atoms with Gasteiger partial charge in [-0.25, -0.2) is 0 Å². The summed E-state index contributed by atoms with van der Waals surface area (Å²) in [5, 5.41) is 4.22. The number of aryl methyl sites for hydroxylation is 1. The second-order valence-corrected chi connectivity index (χ2v) is 4.53. The van der Waals surface area contributed by atoms with E-state index in [0.717, 1.165) is 25.7 Å². The Morgan fingerprint density at radius 2 is 2.31 bits per heavy atom. The van der Waals surface area contributed by atoms with Crippen LogP contribution in [-0.4, -0.2) is 40.4 Å². The van der Waals surface area contributed by atoms with E-state index < -0.39 is 0 Å². The van der Waals surface area contributed by atoms with Crippen LogP contribution in [-0.2, 0) is 6.54 Å². The van der Waals surface area contributed by atoms with Crippen LogP contribution in [0.25, 0.3) is 0 Å². The molecule has 1 aliphatic heterocycles. The lowest BCUT2D eigenvalue weighted by Crippen LogP contribution is -2.34. The predicted octanol–water partition coefficient (Wildman–Crippen LogP) is 1.09. The third-order valence-corrected chi connectivity index (χ3v) is 3.40. The van der Waals surface area contributed by atoms with Crippen LogP contribution in [0.15, 0.2) is 18.5 Å². The lowest BCUT2D eigenvalue weighted by Gasteiger charge is -2.23.